The summed E-state index contributed by atoms with van der Waals surface area (Å²) in [6.45, 7) is 4.78. The van der Waals surface area contributed by atoms with Crippen LogP contribution in [0.1, 0.15) is 19.3 Å². The number of amides is 1. The second-order valence-electron chi connectivity index (χ2n) is 6.10. The first-order valence-electron chi connectivity index (χ1n) is 7.35. The molecule has 2 saturated heterocycles. The molecule has 5 heteroatoms. The van der Waals surface area contributed by atoms with E-state index in [0.29, 0.717) is 31.1 Å². The van der Waals surface area contributed by atoms with Gasteiger partial charge >= 0.3 is 0 Å². The zero-order valence-electron chi connectivity index (χ0n) is 11.7. The Labute approximate surface area is 114 Å². The van der Waals surface area contributed by atoms with Gasteiger partial charge in [-0.3, -0.25) is 4.79 Å². The van der Waals surface area contributed by atoms with Crippen molar-refractivity contribution < 1.29 is 14.3 Å². The van der Waals surface area contributed by atoms with E-state index in [1.54, 1.807) is 7.11 Å². The first kappa shape index (κ1) is 13.3. The normalized spacial score (nSPS) is 33.4. The molecule has 2 atom stereocenters. The maximum Gasteiger partial charge on any atom is 0.226 e. The molecule has 3 rings (SSSR count). The Bertz CT molecular complexity index is 340. The van der Waals surface area contributed by atoms with Crippen LogP contribution in [0.25, 0.3) is 0 Å². The van der Waals surface area contributed by atoms with Crippen LogP contribution in [-0.4, -0.2) is 63.4 Å². The van der Waals surface area contributed by atoms with E-state index < -0.39 is 0 Å². The number of nitrogens with zero attached hydrogens (tertiary/aromatic N) is 1. The van der Waals surface area contributed by atoms with Gasteiger partial charge in [-0.25, -0.2) is 0 Å². The summed E-state index contributed by atoms with van der Waals surface area (Å²) in [5.41, 5.74) is 0.331. The molecule has 1 aliphatic carbocycles. The van der Waals surface area contributed by atoms with Gasteiger partial charge in [0.25, 0.3) is 0 Å². The van der Waals surface area contributed by atoms with E-state index in [-0.39, 0.29) is 12.0 Å². The van der Waals surface area contributed by atoms with Gasteiger partial charge in [-0.1, -0.05) is 0 Å². The lowest BCUT2D eigenvalue weighted by Crippen LogP contribution is -2.48. The molecule has 1 saturated carbocycles. The highest BCUT2D eigenvalue weighted by Crippen LogP contribution is 2.59. The van der Waals surface area contributed by atoms with Crippen molar-refractivity contribution in [3.63, 3.8) is 0 Å². The van der Waals surface area contributed by atoms with Crippen LogP contribution in [0.3, 0.4) is 0 Å². The van der Waals surface area contributed by atoms with Gasteiger partial charge < -0.3 is 19.7 Å². The number of ether oxygens (including phenoxy) is 2. The van der Waals surface area contributed by atoms with Crippen LogP contribution in [0, 0.1) is 11.3 Å². The van der Waals surface area contributed by atoms with Crippen molar-refractivity contribution in [3.8, 4) is 0 Å². The van der Waals surface area contributed by atoms with Crippen molar-refractivity contribution in [2.24, 2.45) is 11.3 Å². The van der Waals surface area contributed by atoms with E-state index in [4.69, 9.17) is 9.47 Å². The molecular formula is C14H24N2O3. The number of piperidine rings is 1. The molecule has 3 aliphatic rings. The molecular weight excluding hydrogens is 244 g/mol. The van der Waals surface area contributed by atoms with Crippen molar-refractivity contribution >= 4 is 5.91 Å². The summed E-state index contributed by atoms with van der Waals surface area (Å²) in [6, 6.07) is 0. The number of hydrogen-bond acceptors (Lipinski definition) is 4. The summed E-state index contributed by atoms with van der Waals surface area (Å²) in [5, 5.41) is 3.38. The molecule has 1 amide bonds. The highest BCUT2D eigenvalue weighted by Gasteiger charge is 2.58. The van der Waals surface area contributed by atoms with E-state index in [1.165, 1.54) is 0 Å². The van der Waals surface area contributed by atoms with E-state index >= 15 is 0 Å². The Kier molecular flexibility index (Phi) is 3.78. The number of nitrogens with one attached hydrogen (secondary N) is 1. The standard InChI is InChI=1S/C14H24N2O3/c1-18-10-11-9-16(6-7-19-11)13(17)12-8-14(12)2-4-15-5-3-14/h11-12,15H,2-10H2,1H3. The fraction of sp³-hybridized carbons (Fsp3) is 0.929. The minimum absolute atomic E-state index is 0.0467. The molecule has 0 aromatic heterocycles. The Morgan fingerprint density at radius 1 is 1.47 bits per heavy atom. The van der Waals surface area contributed by atoms with Crippen molar-refractivity contribution in [1.82, 2.24) is 10.2 Å². The lowest BCUT2D eigenvalue weighted by molar-refractivity contribution is -0.143. The van der Waals surface area contributed by atoms with E-state index in [0.717, 1.165) is 38.9 Å². The van der Waals surface area contributed by atoms with E-state index in [1.807, 2.05) is 4.90 Å². The number of carbonyl (C=O) groups excluding carboxylic acids is 1. The highest BCUT2D eigenvalue weighted by molar-refractivity contribution is 5.83. The zero-order valence-corrected chi connectivity index (χ0v) is 11.7. The van der Waals surface area contributed by atoms with Gasteiger partial charge in [0.05, 0.1) is 19.3 Å². The first-order chi connectivity index (χ1) is 9.25. The van der Waals surface area contributed by atoms with Crippen molar-refractivity contribution in [2.75, 3.05) is 46.5 Å². The number of morpholine rings is 1. The third kappa shape index (κ3) is 2.64. The fourth-order valence-corrected chi connectivity index (χ4v) is 3.60. The number of rotatable bonds is 3. The minimum atomic E-state index is 0.0467. The summed E-state index contributed by atoms with van der Waals surface area (Å²) in [7, 11) is 1.68. The molecule has 0 aromatic carbocycles. The van der Waals surface area contributed by atoms with Crippen LogP contribution in [0.15, 0.2) is 0 Å². The monoisotopic (exact) mass is 268 g/mol. The van der Waals surface area contributed by atoms with Crippen LogP contribution in [0.2, 0.25) is 0 Å². The maximum absolute atomic E-state index is 12.6. The van der Waals surface area contributed by atoms with Gasteiger partial charge in [0, 0.05) is 26.1 Å². The summed E-state index contributed by atoms with van der Waals surface area (Å²) in [5.74, 6) is 0.627. The van der Waals surface area contributed by atoms with Gasteiger partial charge in [-0.2, -0.15) is 0 Å². The SMILES string of the molecule is COCC1CN(C(=O)C2CC23CCNCC3)CCO1. The minimum Gasteiger partial charge on any atom is -0.382 e. The third-order valence-corrected chi connectivity index (χ3v) is 4.89. The molecule has 0 radical (unpaired) electrons. The lowest BCUT2D eigenvalue weighted by atomic mass is 9.91. The number of hydrogen-bond donors (Lipinski definition) is 1. The molecule has 2 aliphatic heterocycles. The Morgan fingerprint density at radius 3 is 3.00 bits per heavy atom. The fourth-order valence-electron chi connectivity index (χ4n) is 3.60. The lowest BCUT2D eigenvalue weighted by Gasteiger charge is -2.33. The van der Waals surface area contributed by atoms with Gasteiger partial charge in [-0.05, 0) is 37.8 Å². The highest BCUT2D eigenvalue weighted by atomic mass is 16.5. The predicted octanol–water partition coefficient (Wildman–Crippen LogP) is 0.250. The van der Waals surface area contributed by atoms with Gasteiger partial charge in [0.15, 0.2) is 0 Å². The van der Waals surface area contributed by atoms with Crippen molar-refractivity contribution in [2.45, 2.75) is 25.4 Å². The second-order valence-corrected chi connectivity index (χ2v) is 6.10. The summed E-state index contributed by atoms with van der Waals surface area (Å²) >= 11 is 0. The van der Waals surface area contributed by atoms with Crippen LogP contribution < -0.4 is 5.32 Å². The number of methoxy groups -OCH3 is 1. The summed E-state index contributed by atoms with van der Waals surface area (Å²) < 4.78 is 10.7. The number of carbonyl (C=O) groups is 1. The Balaban J connectivity index is 1.56. The molecule has 1 N–H and O–H groups in total. The molecule has 2 unspecified atom stereocenters. The van der Waals surface area contributed by atoms with Gasteiger partial charge in [0.2, 0.25) is 5.91 Å². The summed E-state index contributed by atoms with van der Waals surface area (Å²) in [4.78, 5) is 14.6. The first-order valence-corrected chi connectivity index (χ1v) is 7.35. The molecule has 0 bridgehead atoms. The zero-order chi connectivity index (χ0) is 13.3. The summed E-state index contributed by atoms with van der Waals surface area (Å²) in [6.07, 6.45) is 3.47. The average molecular weight is 268 g/mol. The topological polar surface area (TPSA) is 50.8 Å². The third-order valence-electron chi connectivity index (χ3n) is 4.89. The van der Waals surface area contributed by atoms with Crippen molar-refractivity contribution in [3.05, 3.63) is 0 Å². The molecule has 1 spiro atoms. The van der Waals surface area contributed by atoms with Crippen LogP contribution in [0.4, 0.5) is 0 Å². The smallest absolute Gasteiger partial charge is 0.226 e. The van der Waals surface area contributed by atoms with Crippen LogP contribution in [-0.2, 0) is 14.3 Å². The maximum atomic E-state index is 12.6. The van der Waals surface area contributed by atoms with Gasteiger partial charge in [-0.15, -0.1) is 0 Å². The van der Waals surface area contributed by atoms with Crippen molar-refractivity contribution in [1.29, 1.82) is 0 Å². The Hall–Kier alpha value is -0.650. The molecule has 0 aromatic rings. The molecule has 108 valence electrons. The molecule has 5 nitrogen and oxygen atoms in total. The molecule has 2 heterocycles. The largest absolute Gasteiger partial charge is 0.382 e. The van der Waals surface area contributed by atoms with Gasteiger partial charge in [0.1, 0.15) is 0 Å². The Morgan fingerprint density at radius 2 is 2.26 bits per heavy atom. The molecule has 3 fully saturated rings. The second kappa shape index (κ2) is 5.38. The van der Waals surface area contributed by atoms with Crippen LogP contribution >= 0.6 is 0 Å². The van der Waals surface area contributed by atoms with E-state index in [2.05, 4.69) is 5.32 Å². The quantitative estimate of drug-likeness (QED) is 0.797. The average Bonchev–Trinajstić information content (AvgIpc) is 3.13. The van der Waals surface area contributed by atoms with E-state index in [9.17, 15) is 4.79 Å². The molecule has 19 heavy (non-hydrogen) atoms. The van der Waals surface area contributed by atoms with Crippen LogP contribution in [0.5, 0.6) is 0 Å². The predicted molar refractivity (Wildman–Crippen MR) is 70.8 cm³/mol.